The van der Waals surface area contributed by atoms with Crippen LogP contribution in [-0.2, 0) is 14.8 Å². The molecule has 1 aromatic carbocycles. The third kappa shape index (κ3) is 4.87. The summed E-state index contributed by atoms with van der Waals surface area (Å²) in [5.74, 6) is 0.695. The maximum atomic E-state index is 12.4. The first-order chi connectivity index (χ1) is 12.4. The minimum atomic E-state index is -3.74. The molecule has 8 nitrogen and oxygen atoms in total. The van der Waals surface area contributed by atoms with Gasteiger partial charge in [0.1, 0.15) is 0 Å². The highest BCUT2D eigenvalue weighted by Crippen LogP contribution is 2.29. The Labute approximate surface area is 154 Å². The minimum absolute atomic E-state index is 0.0311. The number of likely N-dealkylation sites (tertiary alicyclic amines) is 1. The summed E-state index contributed by atoms with van der Waals surface area (Å²) in [7, 11) is -0.830. The Morgan fingerprint density at radius 3 is 2.65 bits per heavy atom. The molecule has 0 bridgehead atoms. The molecule has 9 heteroatoms. The highest BCUT2D eigenvalue weighted by molar-refractivity contribution is 7.89. The topological polar surface area (TPSA) is 111 Å². The number of carbonyl (C=O) groups excluding carboxylic acids is 1. The zero-order valence-electron chi connectivity index (χ0n) is 15.2. The Kier molecular flexibility index (Phi) is 7.24. The van der Waals surface area contributed by atoms with Crippen molar-refractivity contribution in [2.75, 3.05) is 33.9 Å². The molecule has 1 aromatic rings. The zero-order valence-corrected chi connectivity index (χ0v) is 16.0. The van der Waals surface area contributed by atoms with E-state index in [9.17, 15) is 13.2 Å². The van der Waals surface area contributed by atoms with Gasteiger partial charge in [-0.3, -0.25) is 4.79 Å². The molecule has 1 saturated heterocycles. The fourth-order valence-corrected chi connectivity index (χ4v) is 4.12. The average Bonchev–Trinajstić information content (AvgIpc) is 2.66. The minimum Gasteiger partial charge on any atom is -0.493 e. The summed E-state index contributed by atoms with van der Waals surface area (Å²) in [4.78, 5) is 14.2. The number of benzene rings is 1. The lowest BCUT2D eigenvalue weighted by molar-refractivity contribution is -0.134. The van der Waals surface area contributed by atoms with Gasteiger partial charge in [-0.2, -0.15) is 0 Å². The third-order valence-electron chi connectivity index (χ3n) is 4.52. The molecule has 0 aromatic heterocycles. The van der Waals surface area contributed by atoms with Crippen LogP contribution in [0.5, 0.6) is 11.5 Å². The van der Waals surface area contributed by atoms with E-state index in [1.807, 2.05) is 0 Å². The number of amides is 1. The fraction of sp³-hybridized carbons (Fsp3) is 0.588. The molecule has 1 aliphatic rings. The van der Waals surface area contributed by atoms with Gasteiger partial charge in [0.05, 0.1) is 19.1 Å². The van der Waals surface area contributed by atoms with E-state index < -0.39 is 10.0 Å². The Hall–Kier alpha value is -1.84. The van der Waals surface area contributed by atoms with Crippen molar-refractivity contribution in [3.05, 3.63) is 18.2 Å². The molecule has 0 spiro atoms. The summed E-state index contributed by atoms with van der Waals surface area (Å²) in [6.45, 7) is 1.15. The molecule has 1 unspecified atom stereocenters. The number of methoxy groups -OCH3 is 2. The summed E-state index contributed by atoms with van der Waals surface area (Å²) < 4.78 is 37.5. The zero-order chi connectivity index (χ0) is 19.2. The van der Waals surface area contributed by atoms with Crippen molar-refractivity contribution in [3.8, 4) is 11.5 Å². The quantitative estimate of drug-likeness (QED) is 0.682. The first kappa shape index (κ1) is 20.5. The van der Waals surface area contributed by atoms with Gasteiger partial charge >= 0.3 is 0 Å². The van der Waals surface area contributed by atoms with Crippen molar-refractivity contribution in [3.63, 3.8) is 0 Å². The smallest absolute Gasteiger partial charge is 0.240 e. The number of hydrogen-bond donors (Lipinski definition) is 2. The summed E-state index contributed by atoms with van der Waals surface area (Å²) >= 11 is 0. The maximum Gasteiger partial charge on any atom is 0.240 e. The van der Waals surface area contributed by atoms with Crippen molar-refractivity contribution >= 4 is 15.9 Å². The van der Waals surface area contributed by atoms with Crippen LogP contribution in [0, 0.1) is 0 Å². The van der Waals surface area contributed by atoms with Crippen molar-refractivity contribution < 1.29 is 22.7 Å². The predicted octanol–water partition coefficient (Wildman–Crippen LogP) is 0.712. The lowest BCUT2D eigenvalue weighted by Crippen LogP contribution is -2.48. The van der Waals surface area contributed by atoms with Crippen molar-refractivity contribution in [2.45, 2.75) is 36.6 Å². The number of hydrogen-bond acceptors (Lipinski definition) is 6. The molecule has 2 rings (SSSR count). The van der Waals surface area contributed by atoms with Crippen molar-refractivity contribution in [2.24, 2.45) is 5.73 Å². The van der Waals surface area contributed by atoms with Gasteiger partial charge in [-0.25, -0.2) is 13.1 Å². The average molecular weight is 385 g/mol. The van der Waals surface area contributed by atoms with Gasteiger partial charge in [-0.15, -0.1) is 0 Å². The SMILES string of the molecule is COc1ccc(S(=O)(=O)NCCC(=O)N2CCCCC2CN)cc1OC. The van der Waals surface area contributed by atoms with Gasteiger partial charge in [0, 0.05) is 38.2 Å². The fourth-order valence-electron chi connectivity index (χ4n) is 3.08. The number of ether oxygens (including phenoxy) is 2. The van der Waals surface area contributed by atoms with Gasteiger partial charge in [-0.05, 0) is 31.4 Å². The Bertz CT molecular complexity index is 723. The maximum absolute atomic E-state index is 12.4. The molecule has 0 saturated carbocycles. The van der Waals surface area contributed by atoms with Crippen LogP contribution >= 0.6 is 0 Å². The van der Waals surface area contributed by atoms with Crippen LogP contribution in [0.3, 0.4) is 0 Å². The van der Waals surface area contributed by atoms with Crippen LogP contribution in [0.1, 0.15) is 25.7 Å². The Morgan fingerprint density at radius 2 is 2.00 bits per heavy atom. The lowest BCUT2D eigenvalue weighted by Gasteiger charge is -2.35. The Balaban J connectivity index is 1.96. The van der Waals surface area contributed by atoms with E-state index in [0.717, 1.165) is 19.3 Å². The molecule has 1 amide bonds. The molecule has 26 heavy (non-hydrogen) atoms. The van der Waals surface area contributed by atoms with Crippen LogP contribution in [0.4, 0.5) is 0 Å². The second-order valence-electron chi connectivity index (χ2n) is 6.14. The van der Waals surface area contributed by atoms with E-state index in [1.54, 1.807) is 4.90 Å². The second kappa shape index (κ2) is 9.20. The van der Waals surface area contributed by atoms with E-state index in [-0.39, 0.29) is 29.8 Å². The number of sulfonamides is 1. The normalized spacial score (nSPS) is 17.8. The standard InChI is InChI=1S/C17H27N3O5S/c1-24-15-7-6-14(11-16(15)25-2)26(22,23)19-9-8-17(21)20-10-4-3-5-13(20)12-18/h6-7,11,13,19H,3-5,8-10,12,18H2,1-2H3. The van der Waals surface area contributed by atoms with Gasteiger partial charge in [0.25, 0.3) is 0 Å². The monoisotopic (exact) mass is 385 g/mol. The first-order valence-electron chi connectivity index (χ1n) is 8.64. The molecule has 1 heterocycles. The van der Waals surface area contributed by atoms with E-state index in [4.69, 9.17) is 15.2 Å². The lowest BCUT2D eigenvalue weighted by atomic mass is 10.0. The molecular weight excluding hydrogens is 358 g/mol. The molecule has 1 atom stereocenters. The van der Waals surface area contributed by atoms with Crippen LogP contribution in [0.25, 0.3) is 0 Å². The third-order valence-corrected chi connectivity index (χ3v) is 5.97. The van der Waals surface area contributed by atoms with Crippen LogP contribution in [0.15, 0.2) is 23.1 Å². The highest BCUT2D eigenvalue weighted by Gasteiger charge is 2.25. The number of piperidine rings is 1. The second-order valence-corrected chi connectivity index (χ2v) is 7.90. The van der Waals surface area contributed by atoms with Gasteiger partial charge < -0.3 is 20.1 Å². The van der Waals surface area contributed by atoms with Crippen LogP contribution in [0.2, 0.25) is 0 Å². The number of carbonyl (C=O) groups is 1. The molecule has 146 valence electrons. The largest absolute Gasteiger partial charge is 0.493 e. The van der Waals surface area contributed by atoms with E-state index in [1.165, 1.54) is 32.4 Å². The molecule has 3 N–H and O–H groups in total. The number of nitrogens with one attached hydrogen (secondary N) is 1. The van der Waals surface area contributed by atoms with Crippen molar-refractivity contribution in [1.82, 2.24) is 9.62 Å². The van der Waals surface area contributed by atoms with Gasteiger partial charge in [-0.1, -0.05) is 0 Å². The van der Waals surface area contributed by atoms with Gasteiger partial charge in [0.2, 0.25) is 15.9 Å². The van der Waals surface area contributed by atoms with E-state index in [2.05, 4.69) is 4.72 Å². The molecule has 1 fully saturated rings. The summed E-state index contributed by atoms with van der Waals surface area (Å²) in [6.07, 6.45) is 3.03. The highest BCUT2D eigenvalue weighted by atomic mass is 32.2. The molecular formula is C17H27N3O5S. The summed E-state index contributed by atoms with van der Waals surface area (Å²) in [5, 5.41) is 0. The van der Waals surface area contributed by atoms with Crippen LogP contribution < -0.4 is 19.9 Å². The summed E-state index contributed by atoms with van der Waals surface area (Å²) in [6, 6.07) is 4.40. The first-order valence-corrected chi connectivity index (χ1v) is 10.1. The molecule has 1 aliphatic heterocycles. The number of nitrogens with zero attached hydrogens (tertiary/aromatic N) is 1. The molecule has 0 radical (unpaired) electrons. The number of nitrogens with two attached hydrogens (primary N) is 1. The van der Waals surface area contributed by atoms with Gasteiger partial charge in [0.15, 0.2) is 11.5 Å². The van der Waals surface area contributed by atoms with Crippen molar-refractivity contribution in [1.29, 1.82) is 0 Å². The van der Waals surface area contributed by atoms with E-state index in [0.29, 0.717) is 24.6 Å². The summed E-state index contributed by atoms with van der Waals surface area (Å²) in [5.41, 5.74) is 5.73. The molecule has 0 aliphatic carbocycles. The number of rotatable bonds is 8. The predicted molar refractivity (Wildman–Crippen MR) is 97.8 cm³/mol. The van der Waals surface area contributed by atoms with Crippen LogP contribution in [-0.4, -0.2) is 59.1 Å². The Morgan fingerprint density at radius 1 is 1.27 bits per heavy atom. The van der Waals surface area contributed by atoms with E-state index >= 15 is 0 Å².